The van der Waals surface area contributed by atoms with E-state index in [1.165, 1.54) is 16.7 Å². The van der Waals surface area contributed by atoms with Crippen LogP contribution in [0.1, 0.15) is 78.6 Å². The first-order valence-electron chi connectivity index (χ1n) is 15.7. The van der Waals surface area contributed by atoms with Crippen LogP contribution in [0.15, 0.2) is 0 Å². The zero-order chi connectivity index (χ0) is 33.8. The van der Waals surface area contributed by atoms with E-state index >= 15 is 0 Å². The Kier molecular flexibility index (Phi) is 14.7. The zero-order valence-corrected chi connectivity index (χ0v) is 26.5. The van der Waals surface area contributed by atoms with Crippen LogP contribution in [0.3, 0.4) is 0 Å². The van der Waals surface area contributed by atoms with Gasteiger partial charge in [0.15, 0.2) is 0 Å². The summed E-state index contributed by atoms with van der Waals surface area (Å²) in [4.78, 5) is 92.4. The van der Waals surface area contributed by atoms with E-state index in [-0.39, 0.29) is 37.6 Å². The molecule has 2 fully saturated rings. The average molecular weight is 639 g/mol. The molecule has 0 unspecified atom stereocenters. The van der Waals surface area contributed by atoms with Crippen molar-refractivity contribution in [1.29, 1.82) is 0 Å². The molecule has 6 atom stereocenters. The minimum atomic E-state index is -1.43. The predicted molar refractivity (Wildman–Crippen MR) is 163 cm³/mol. The molecule has 2 saturated heterocycles. The Morgan fingerprint density at radius 2 is 1.33 bits per heavy atom. The van der Waals surface area contributed by atoms with Gasteiger partial charge in [-0.25, -0.2) is 4.79 Å². The first-order valence-corrected chi connectivity index (χ1v) is 15.7. The summed E-state index contributed by atoms with van der Waals surface area (Å²) in [7, 11) is 0. The number of nitrogens with zero attached hydrogens (tertiary/aromatic N) is 2. The van der Waals surface area contributed by atoms with Gasteiger partial charge >= 0.3 is 5.97 Å². The highest BCUT2D eigenvalue weighted by Crippen LogP contribution is 2.21. The number of carbonyl (C=O) groups is 7. The molecule has 0 saturated carbocycles. The third-order valence-corrected chi connectivity index (χ3v) is 7.99. The number of carboxylic acids is 1. The lowest BCUT2D eigenvalue weighted by Crippen LogP contribution is -2.59. The predicted octanol–water partition coefficient (Wildman–Crippen LogP) is -2.09. The third-order valence-electron chi connectivity index (χ3n) is 7.99. The van der Waals surface area contributed by atoms with Crippen molar-refractivity contribution < 1.29 is 38.7 Å². The van der Waals surface area contributed by atoms with E-state index in [0.29, 0.717) is 45.2 Å². The number of primary amides is 1. The molecule has 0 aromatic carbocycles. The number of hydrogen-bond acceptors (Lipinski definition) is 9. The molecular formula is C29H50N8O8. The van der Waals surface area contributed by atoms with Crippen LogP contribution in [0, 0.1) is 5.92 Å². The van der Waals surface area contributed by atoms with Crippen molar-refractivity contribution in [2.24, 2.45) is 23.1 Å². The lowest BCUT2D eigenvalue weighted by molar-refractivity contribution is -0.145. The van der Waals surface area contributed by atoms with E-state index in [9.17, 15) is 38.7 Å². The molecule has 0 aliphatic carbocycles. The fraction of sp³-hybridized carbons (Fsp3) is 0.759. The topological polar surface area (TPSA) is 260 Å². The van der Waals surface area contributed by atoms with Crippen molar-refractivity contribution in [3.8, 4) is 0 Å². The van der Waals surface area contributed by atoms with Crippen molar-refractivity contribution in [2.75, 3.05) is 19.6 Å². The second kappa shape index (κ2) is 17.6. The number of unbranched alkanes of at least 4 members (excludes halogenated alkanes) is 1. The van der Waals surface area contributed by atoms with Crippen molar-refractivity contribution in [1.82, 2.24) is 25.8 Å². The maximum Gasteiger partial charge on any atom is 0.326 e. The van der Waals surface area contributed by atoms with Crippen LogP contribution in [-0.4, -0.2) is 112 Å². The largest absolute Gasteiger partial charge is 0.480 e. The van der Waals surface area contributed by atoms with E-state index in [2.05, 4.69) is 16.0 Å². The fourth-order valence-electron chi connectivity index (χ4n) is 5.73. The highest BCUT2D eigenvalue weighted by molar-refractivity contribution is 5.98. The number of hydrogen-bond donors (Lipinski definition) is 7. The lowest BCUT2D eigenvalue weighted by Gasteiger charge is -2.31. The minimum Gasteiger partial charge on any atom is -0.480 e. The Balaban J connectivity index is 2.19. The molecule has 0 aromatic heterocycles. The van der Waals surface area contributed by atoms with Gasteiger partial charge in [-0.3, -0.25) is 28.8 Å². The Morgan fingerprint density at radius 1 is 0.800 bits per heavy atom. The molecule has 0 bridgehead atoms. The van der Waals surface area contributed by atoms with Gasteiger partial charge in [0.1, 0.15) is 30.2 Å². The van der Waals surface area contributed by atoms with Crippen molar-refractivity contribution in [3.05, 3.63) is 0 Å². The van der Waals surface area contributed by atoms with Gasteiger partial charge in [0.25, 0.3) is 0 Å². The SMILES string of the molecule is CC(C)C[C@H](NC(=O)[C@@H]1CCCN1C(=O)[C@H](C)N)C(=O)N[C@@H](CC(N)=O)C(=O)N1CCC[C@H]1C(=O)N[C@@H](CCCCN)C(=O)O. The smallest absolute Gasteiger partial charge is 0.326 e. The molecule has 10 N–H and O–H groups in total. The van der Waals surface area contributed by atoms with Crippen molar-refractivity contribution in [2.45, 2.75) is 115 Å². The molecule has 16 nitrogen and oxygen atoms in total. The van der Waals surface area contributed by atoms with Gasteiger partial charge in [0.05, 0.1) is 12.5 Å². The number of carbonyl (C=O) groups excluding carboxylic acids is 6. The minimum absolute atomic E-state index is 0.0598. The van der Waals surface area contributed by atoms with Crippen LogP contribution in [0.4, 0.5) is 0 Å². The molecule has 45 heavy (non-hydrogen) atoms. The molecule has 0 radical (unpaired) electrons. The molecule has 16 heteroatoms. The molecule has 6 amide bonds. The summed E-state index contributed by atoms with van der Waals surface area (Å²) in [6.45, 7) is 6.10. The number of nitrogens with one attached hydrogen (secondary N) is 3. The van der Waals surface area contributed by atoms with Crippen LogP contribution in [0.5, 0.6) is 0 Å². The summed E-state index contributed by atoms with van der Waals surface area (Å²) in [6, 6.07) is -6.31. The first-order chi connectivity index (χ1) is 21.2. The molecular weight excluding hydrogens is 588 g/mol. The molecule has 2 aliphatic heterocycles. The molecule has 254 valence electrons. The van der Waals surface area contributed by atoms with Gasteiger partial charge in [-0.2, -0.15) is 0 Å². The van der Waals surface area contributed by atoms with E-state index in [4.69, 9.17) is 17.2 Å². The highest BCUT2D eigenvalue weighted by atomic mass is 16.4. The van der Waals surface area contributed by atoms with Gasteiger partial charge in [0.2, 0.25) is 35.4 Å². The van der Waals surface area contributed by atoms with Gasteiger partial charge < -0.3 is 48.1 Å². The normalized spacial score (nSPS) is 20.7. The van der Waals surface area contributed by atoms with Crippen molar-refractivity contribution in [3.63, 3.8) is 0 Å². The number of carboxylic acid groups (broad SMARTS) is 1. The fourth-order valence-corrected chi connectivity index (χ4v) is 5.73. The average Bonchev–Trinajstić information content (AvgIpc) is 3.65. The summed E-state index contributed by atoms with van der Waals surface area (Å²) in [6.07, 6.45) is 2.57. The summed E-state index contributed by atoms with van der Waals surface area (Å²) < 4.78 is 0. The van der Waals surface area contributed by atoms with Gasteiger partial charge in [-0.05, 0) is 70.8 Å². The third kappa shape index (κ3) is 11.0. The maximum atomic E-state index is 13.7. The van der Waals surface area contributed by atoms with Gasteiger partial charge in [0, 0.05) is 13.1 Å². The maximum absolute atomic E-state index is 13.7. The first kappa shape index (κ1) is 37.4. The van der Waals surface area contributed by atoms with Gasteiger partial charge in [-0.15, -0.1) is 0 Å². The summed E-state index contributed by atoms with van der Waals surface area (Å²) >= 11 is 0. The molecule has 2 rings (SSSR count). The molecule has 2 heterocycles. The molecule has 0 spiro atoms. The monoisotopic (exact) mass is 638 g/mol. The van der Waals surface area contributed by atoms with E-state index in [1.807, 2.05) is 13.8 Å². The Labute approximate surface area is 263 Å². The van der Waals surface area contributed by atoms with Crippen LogP contribution >= 0.6 is 0 Å². The number of amides is 6. The zero-order valence-electron chi connectivity index (χ0n) is 26.5. The van der Waals surface area contributed by atoms with Gasteiger partial charge in [-0.1, -0.05) is 13.8 Å². The standard InChI is InChI=1S/C29H50N8O8/c1-16(2)14-19(34-26(41)21-9-6-12-36(21)27(42)17(3)31)24(39)35-20(15-23(32)38)28(43)37-13-7-10-22(37)25(40)33-18(29(44)45)8-4-5-11-30/h16-22H,4-15,30-31H2,1-3H3,(H2,32,38)(H,33,40)(H,34,41)(H,35,39)(H,44,45)/t17-,18-,19-,20-,21-,22-/m0/s1. The van der Waals surface area contributed by atoms with Crippen LogP contribution in [0.2, 0.25) is 0 Å². The van der Waals surface area contributed by atoms with Crippen LogP contribution in [-0.2, 0) is 33.6 Å². The lowest BCUT2D eigenvalue weighted by atomic mass is 10.0. The summed E-state index contributed by atoms with van der Waals surface area (Å²) in [5, 5.41) is 17.3. The summed E-state index contributed by atoms with van der Waals surface area (Å²) in [5.74, 6) is -5.17. The Hall–Kier alpha value is -3.79. The van der Waals surface area contributed by atoms with Crippen molar-refractivity contribution >= 4 is 41.4 Å². The van der Waals surface area contributed by atoms with Crippen LogP contribution < -0.4 is 33.2 Å². The second-order valence-corrected chi connectivity index (χ2v) is 12.3. The highest BCUT2D eigenvalue weighted by Gasteiger charge is 2.41. The van der Waals surface area contributed by atoms with E-state index < -0.39 is 78.2 Å². The second-order valence-electron chi connectivity index (χ2n) is 12.3. The number of likely N-dealkylation sites (tertiary alicyclic amines) is 2. The Morgan fingerprint density at radius 3 is 1.80 bits per heavy atom. The number of nitrogens with two attached hydrogens (primary N) is 3. The molecule has 0 aromatic rings. The Bertz CT molecular complexity index is 1100. The van der Waals surface area contributed by atoms with E-state index in [1.54, 1.807) is 0 Å². The van der Waals surface area contributed by atoms with E-state index in [0.717, 1.165) is 0 Å². The number of aliphatic carboxylic acids is 1. The van der Waals surface area contributed by atoms with Crippen LogP contribution in [0.25, 0.3) is 0 Å². The summed E-state index contributed by atoms with van der Waals surface area (Å²) in [5.41, 5.74) is 16.6. The quantitative estimate of drug-likeness (QED) is 0.0854. The number of rotatable bonds is 17. The molecule has 2 aliphatic rings.